The molecule has 0 radical (unpaired) electrons. The van der Waals surface area contributed by atoms with Crippen LogP contribution < -0.4 is 20.3 Å². The number of imidazole rings is 1. The molecule has 2 N–H and O–H groups in total. The Hall–Kier alpha value is -2.85. The van der Waals surface area contributed by atoms with Crippen LogP contribution in [0.4, 0.5) is 15.6 Å². The third-order valence-corrected chi connectivity index (χ3v) is 6.45. The number of methoxy groups -OCH3 is 1. The van der Waals surface area contributed by atoms with Gasteiger partial charge in [-0.2, -0.15) is 0 Å². The standard InChI is InChI=1S/C21H26ClN7O2S/c1-3-7-28-11-14(25-13-28)4-6-23-20(30)27-21-26-16-5-8-29(12-18(16)32-21)15-9-17(31-2)19(22)24-10-15/h9-11,13H,3-8,12H2,1-2H3,(H2,23,26,27,30). The first-order valence-electron chi connectivity index (χ1n) is 10.5. The van der Waals surface area contributed by atoms with Crippen LogP contribution >= 0.6 is 22.9 Å². The number of halogens is 1. The number of rotatable bonds is 8. The second-order valence-corrected chi connectivity index (χ2v) is 8.92. The lowest BCUT2D eigenvalue weighted by molar-refractivity contribution is 0.252. The smallest absolute Gasteiger partial charge is 0.321 e. The lowest BCUT2D eigenvalue weighted by atomic mass is 10.1. The first kappa shape index (κ1) is 22.3. The van der Waals surface area contributed by atoms with E-state index in [4.69, 9.17) is 16.3 Å². The molecule has 0 saturated carbocycles. The summed E-state index contributed by atoms with van der Waals surface area (Å²) < 4.78 is 7.34. The van der Waals surface area contributed by atoms with Crippen LogP contribution in [0.3, 0.4) is 0 Å². The summed E-state index contributed by atoms with van der Waals surface area (Å²) in [6.07, 6.45) is 8.14. The molecule has 0 spiro atoms. The zero-order valence-electron chi connectivity index (χ0n) is 18.1. The minimum absolute atomic E-state index is 0.257. The van der Waals surface area contributed by atoms with Crippen molar-refractivity contribution in [2.24, 2.45) is 0 Å². The van der Waals surface area contributed by atoms with E-state index in [1.807, 2.05) is 18.6 Å². The molecule has 3 aromatic rings. The fourth-order valence-corrected chi connectivity index (χ4v) is 4.76. The maximum absolute atomic E-state index is 12.3. The Morgan fingerprint density at radius 2 is 2.25 bits per heavy atom. The van der Waals surface area contributed by atoms with Crippen LogP contribution in [0.25, 0.3) is 0 Å². The van der Waals surface area contributed by atoms with Gasteiger partial charge in [0.25, 0.3) is 0 Å². The molecule has 0 fully saturated rings. The number of aromatic nitrogens is 4. The first-order valence-corrected chi connectivity index (χ1v) is 11.7. The summed E-state index contributed by atoms with van der Waals surface area (Å²) in [5.74, 6) is 0.551. The molecular weight excluding hydrogens is 450 g/mol. The Balaban J connectivity index is 1.30. The highest BCUT2D eigenvalue weighted by atomic mass is 35.5. The molecule has 2 amide bonds. The van der Waals surface area contributed by atoms with Crippen molar-refractivity contribution in [3.8, 4) is 5.75 Å². The third kappa shape index (κ3) is 5.31. The Labute approximate surface area is 195 Å². The normalized spacial score (nSPS) is 13.0. The third-order valence-electron chi connectivity index (χ3n) is 5.16. The molecule has 0 aliphatic carbocycles. The van der Waals surface area contributed by atoms with Gasteiger partial charge >= 0.3 is 6.03 Å². The summed E-state index contributed by atoms with van der Waals surface area (Å²) in [7, 11) is 1.58. The summed E-state index contributed by atoms with van der Waals surface area (Å²) in [6.45, 7) is 5.10. The van der Waals surface area contributed by atoms with Crippen LogP contribution in [0.5, 0.6) is 5.75 Å². The van der Waals surface area contributed by atoms with E-state index in [0.717, 1.165) is 47.9 Å². The summed E-state index contributed by atoms with van der Waals surface area (Å²) in [6, 6.07) is 1.63. The van der Waals surface area contributed by atoms with Crippen molar-refractivity contribution in [1.29, 1.82) is 0 Å². The molecule has 0 unspecified atom stereocenters. The summed E-state index contributed by atoms with van der Waals surface area (Å²) in [5.41, 5.74) is 2.94. The molecule has 3 aromatic heterocycles. The van der Waals surface area contributed by atoms with E-state index < -0.39 is 0 Å². The molecule has 9 nitrogen and oxygen atoms in total. The highest BCUT2D eigenvalue weighted by molar-refractivity contribution is 7.15. The Morgan fingerprint density at radius 3 is 3.06 bits per heavy atom. The fourth-order valence-electron chi connectivity index (χ4n) is 3.56. The SMILES string of the molecule is CCCn1cnc(CCNC(=O)Nc2nc3c(s2)CN(c2cnc(Cl)c(OC)c2)CC3)c1. The number of fused-ring (bicyclic) bond motifs is 1. The van der Waals surface area contributed by atoms with E-state index in [1.54, 1.807) is 13.3 Å². The van der Waals surface area contributed by atoms with Gasteiger partial charge in [0.15, 0.2) is 16.0 Å². The van der Waals surface area contributed by atoms with Gasteiger partial charge in [0.05, 0.1) is 43.3 Å². The number of pyridine rings is 1. The number of hydrogen-bond donors (Lipinski definition) is 2. The van der Waals surface area contributed by atoms with Gasteiger partial charge < -0.3 is 19.5 Å². The van der Waals surface area contributed by atoms with E-state index in [9.17, 15) is 4.79 Å². The second-order valence-electron chi connectivity index (χ2n) is 7.48. The van der Waals surface area contributed by atoms with Gasteiger partial charge in [-0.1, -0.05) is 29.9 Å². The number of anilines is 2. The van der Waals surface area contributed by atoms with Gasteiger partial charge in [-0.15, -0.1) is 0 Å². The number of carbonyl (C=O) groups excluding carboxylic acids is 1. The van der Waals surface area contributed by atoms with Crippen molar-refractivity contribution in [2.45, 2.75) is 39.3 Å². The van der Waals surface area contributed by atoms with E-state index in [0.29, 0.717) is 35.5 Å². The molecule has 0 aromatic carbocycles. The van der Waals surface area contributed by atoms with Gasteiger partial charge in [-0.25, -0.2) is 19.7 Å². The quantitative estimate of drug-likeness (QED) is 0.482. The Bertz CT molecular complexity index is 1080. The number of hydrogen-bond acceptors (Lipinski definition) is 7. The van der Waals surface area contributed by atoms with E-state index in [2.05, 4.69) is 42.0 Å². The van der Waals surface area contributed by atoms with Crippen molar-refractivity contribution in [2.75, 3.05) is 30.4 Å². The highest BCUT2D eigenvalue weighted by Crippen LogP contribution is 2.33. The maximum atomic E-state index is 12.3. The summed E-state index contributed by atoms with van der Waals surface area (Å²) >= 11 is 7.54. The number of aryl methyl sites for hydroxylation is 1. The topological polar surface area (TPSA) is 97.2 Å². The average Bonchev–Trinajstić information content (AvgIpc) is 3.40. The van der Waals surface area contributed by atoms with E-state index in [1.165, 1.54) is 11.3 Å². The van der Waals surface area contributed by atoms with Crippen molar-refractivity contribution >= 4 is 39.8 Å². The van der Waals surface area contributed by atoms with E-state index in [-0.39, 0.29) is 6.03 Å². The van der Waals surface area contributed by atoms with Crippen LogP contribution in [0, 0.1) is 0 Å². The molecular formula is C21H26ClN7O2S. The number of urea groups is 1. The number of carbonyl (C=O) groups is 1. The summed E-state index contributed by atoms with van der Waals surface area (Å²) in [4.78, 5) is 28.8. The lowest BCUT2D eigenvalue weighted by Gasteiger charge is -2.28. The largest absolute Gasteiger partial charge is 0.493 e. The molecule has 0 saturated heterocycles. The van der Waals surface area contributed by atoms with Crippen LogP contribution in [0.15, 0.2) is 24.8 Å². The maximum Gasteiger partial charge on any atom is 0.321 e. The molecule has 4 rings (SSSR count). The van der Waals surface area contributed by atoms with Crippen molar-refractivity contribution in [3.63, 3.8) is 0 Å². The molecule has 4 heterocycles. The molecule has 32 heavy (non-hydrogen) atoms. The second kappa shape index (κ2) is 10.2. The molecule has 0 atom stereocenters. The van der Waals surface area contributed by atoms with Crippen LogP contribution in [0.1, 0.15) is 29.6 Å². The van der Waals surface area contributed by atoms with Crippen molar-refractivity contribution in [1.82, 2.24) is 24.8 Å². The zero-order valence-corrected chi connectivity index (χ0v) is 19.7. The number of thiazole rings is 1. The van der Waals surface area contributed by atoms with Gasteiger partial charge in [0, 0.05) is 49.6 Å². The van der Waals surface area contributed by atoms with Crippen molar-refractivity contribution < 1.29 is 9.53 Å². The number of nitrogens with zero attached hydrogens (tertiary/aromatic N) is 5. The zero-order chi connectivity index (χ0) is 22.5. The predicted molar refractivity (Wildman–Crippen MR) is 126 cm³/mol. The molecule has 1 aliphatic rings. The van der Waals surface area contributed by atoms with Crippen LogP contribution in [0.2, 0.25) is 5.15 Å². The number of ether oxygens (including phenoxy) is 1. The van der Waals surface area contributed by atoms with Crippen molar-refractivity contribution in [3.05, 3.63) is 46.2 Å². The van der Waals surface area contributed by atoms with Gasteiger partial charge in [0.2, 0.25) is 0 Å². The first-order chi connectivity index (χ1) is 15.6. The van der Waals surface area contributed by atoms with Gasteiger partial charge in [0.1, 0.15) is 0 Å². The highest BCUT2D eigenvalue weighted by Gasteiger charge is 2.22. The summed E-state index contributed by atoms with van der Waals surface area (Å²) in [5, 5.41) is 6.68. The molecule has 170 valence electrons. The molecule has 1 aliphatic heterocycles. The Morgan fingerprint density at radius 1 is 1.38 bits per heavy atom. The molecule has 11 heteroatoms. The monoisotopic (exact) mass is 475 g/mol. The van der Waals surface area contributed by atoms with E-state index >= 15 is 0 Å². The van der Waals surface area contributed by atoms with Crippen LogP contribution in [-0.4, -0.2) is 45.7 Å². The minimum Gasteiger partial charge on any atom is -0.493 e. The lowest BCUT2D eigenvalue weighted by Crippen LogP contribution is -2.30. The molecule has 0 bridgehead atoms. The minimum atomic E-state index is -0.257. The Kier molecular flexibility index (Phi) is 7.11. The van der Waals surface area contributed by atoms with Gasteiger partial charge in [-0.3, -0.25) is 5.32 Å². The van der Waals surface area contributed by atoms with Gasteiger partial charge in [-0.05, 0) is 6.42 Å². The fraction of sp³-hybridized carbons (Fsp3) is 0.429. The average molecular weight is 476 g/mol. The predicted octanol–water partition coefficient (Wildman–Crippen LogP) is 3.73. The van der Waals surface area contributed by atoms with Crippen LogP contribution in [-0.2, 0) is 25.9 Å². The number of nitrogens with one attached hydrogen (secondary N) is 2. The number of amides is 2.